The second kappa shape index (κ2) is 6.57. The number of fused-ring (bicyclic) bond motifs is 1. The summed E-state index contributed by atoms with van der Waals surface area (Å²) in [5.41, 5.74) is 6.08. The number of nitrogens with zero attached hydrogens (tertiary/aromatic N) is 4. The van der Waals surface area contributed by atoms with E-state index in [1.165, 1.54) is 6.07 Å². The molecule has 0 aromatic heterocycles. The lowest BCUT2D eigenvalue weighted by molar-refractivity contribution is 0.237. The van der Waals surface area contributed by atoms with Gasteiger partial charge in [-0.3, -0.25) is 0 Å². The van der Waals surface area contributed by atoms with Gasteiger partial charge in [-0.25, -0.2) is 4.39 Å². The zero-order chi connectivity index (χ0) is 19.1. The van der Waals surface area contributed by atoms with Crippen molar-refractivity contribution in [1.29, 1.82) is 15.8 Å². The molecule has 1 aromatic carbocycles. The van der Waals surface area contributed by atoms with Gasteiger partial charge in [-0.1, -0.05) is 12.1 Å². The summed E-state index contributed by atoms with van der Waals surface area (Å²) in [6.45, 7) is 1.21. The van der Waals surface area contributed by atoms with Crippen LogP contribution >= 0.6 is 15.9 Å². The molecule has 26 heavy (non-hydrogen) atoms. The third-order valence-electron chi connectivity index (χ3n) is 5.15. The number of likely N-dealkylation sites (N-methyl/N-ethyl adjacent to an activating group) is 1. The molecular weight excluding hydrogens is 397 g/mol. The summed E-state index contributed by atoms with van der Waals surface area (Å²) in [6, 6.07) is 10.7. The fourth-order valence-corrected chi connectivity index (χ4v) is 4.30. The maximum atomic E-state index is 13.7. The molecule has 0 saturated heterocycles. The standard InChI is InChI=1S/C19H15BrFN5/c1-26-5-4-12-13(7-22)18(25)19(9-23,10-24)17(14(12)8-26)11-2-3-16(21)15(20)6-11/h2-4,6,14,17H,5,8,25H2,1H3. The fraction of sp³-hybridized carbons (Fsp3) is 0.316. The molecule has 0 fully saturated rings. The highest BCUT2D eigenvalue weighted by Crippen LogP contribution is 2.54. The van der Waals surface area contributed by atoms with E-state index in [-0.39, 0.29) is 21.7 Å². The van der Waals surface area contributed by atoms with Gasteiger partial charge in [0.05, 0.1) is 27.9 Å². The van der Waals surface area contributed by atoms with E-state index < -0.39 is 17.2 Å². The molecule has 0 spiro atoms. The summed E-state index contributed by atoms with van der Waals surface area (Å²) in [5.74, 6) is -1.31. The Bertz CT molecular complexity index is 946. The Balaban J connectivity index is 2.34. The van der Waals surface area contributed by atoms with Gasteiger partial charge in [0, 0.05) is 24.9 Å². The molecule has 2 N–H and O–H groups in total. The minimum Gasteiger partial charge on any atom is -0.399 e. The van der Waals surface area contributed by atoms with Gasteiger partial charge in [0.1, 0.15) is 11.9 Å². The second-order valence-electron chi connectivity index (χ2n) is 6.57. The average molecular weight is 412 g/mol. The van der Waals surface area contributed by atoms with Crippen LogP contribution in [0.25, 0.3) is 0 Å². The van der Waals surface area contributed by atoms with Crippen molar-refractivity contribution in [3.8, 4) is 18.2 Å². The summed E-state index contributed by atoms with van der Waals surface area (Å²) in [6.07, 6.45) is 1.92. The first kappa shape index (κ1) is 18.1. The highest BCUT2D eigenvalue weighted by atomic mass is 79.9. The molecule has 1 aliphatic carbocycles. The Morgan fingerprint density at radius 3 is 2.58 bits per heavy atom. The molecule has 0 saturated carbocycles. The minimum absolute atomic E-state index is 0.0255. The van der Waals surface area contributed by atoms with E-state index in [1.807, 2.05) is 13.1 Å². The van der Waals surface area contributed by atoms with Gasteiger partial charge in [-0.05, 0) is 46.2 Å². The van der Waals surface area contributed by atoms with Crippen molar-refractivity contribution >= 4 is 15.9 Å². The summed E-state index contributed by atoms with van der Waals surface area (Å²) < 4.78 is 14.0. The zero-order valence-corrected chi connectivity index (χ0v) is 15.6. The van der Waals surface area contributed by atoms with Crippen molar-refractivity contribution in [1.82, 2.24) is 4.90 Å². The Morgan fingerprint density at radius 1 is 1.31 bits per heavy atom. The highest BCUT2D eigenvalue weighted by molar-refractivity contribution is 9.10. The Kier molecular flexibility index (Phi) is 4.59. The zero-order valence-electron chi connectivity index (χ0n) is 14.0. The van der Waals surface area contributed by atoms with Crippen LogP contribution in [0.1, 0.15) is 11.5 Å². The fourth-order valence-electron chi connectivity index (χ4n) is 3.91. The average Bonchev–Trinajstić information content (AvgIpc) is 2.63. The number of nitriles is 3. The maximum absolute atomic E-state index is 13.7. The normalized spacial score (nSPS) is 24.7. The van der Waals surface area contributed by atoms with Gasteiger partial charge in [0.25, 0.3) is 0 Å². The minimum atomic E-state index is -1.69. The predicted molar refractivity (Wildman–Crippen MR) is 96.4 cm³/mol. The molecule has 0 bridgehead atoms. The SMILES string of the molecule is CN1CC=C2C(C#N)=C(N)C(C#N)(C#N)C(c3ccc(F)c(Br)c3)C2C1. The molecule has 1 aromatic rings. The van der Waals surface area contributed by atoms with Gasteiger partial charge >= 0.3 is 0 Å². The third kappa shape index (κ3) is 2.51. The number of rotatable bonds is 1. The Labute approximate surface area is 159 Å². The van der Waals surface area contributed by atoms with Crippen LogP contribution in [0.4, 0.5) is 4.39 Å². The van der Waals surface area contributed by atoms with Crippen LogP contribution in [-0.2, 0) is 0 Å². The van der Waals surface area contributed by atoms with E-state index in [0.29, 0.717) is 18.7 Å². The van der Waals surface area contributed by atoms with Crippen molar-refractivity contribution < 1.29 is 4.39 Å². The van der Waals surface area contributed by atoms with Crippen LogP contribution in [0.3, 0.4) is 0 Å². The third-order valence-corrected chi connectivity index (χ3v) is 5.76. The molecule has 2 unspecified atom stereocenters. The van der Waals surface area contributed by atoms with Crippen molar-refractivity contribution in [2.75, 3.05) is 20.1 Å². The van der Waals surface area contributed by atoms with Crippen molar-refractivity contribution in [3.05, 3.63) is 57.0 Å². The van der Waals surface area contributed by atoms with E-state index >= 15 is 0 Å². The van der Waals surface area contributed by atoms with E-state index in [1.54, 1.807) is 12.1 Å². The molecule has 0 amide bonds. The molecule has 7 heteroatoms. The van der Waals surface area contributed by atoms with Crippen molar-refractivity contribution in [2.45, 2.75) is 5.92 Å². The van der Waals surface area contributed by atoms with Crippen LogP contribution in [0, 0.1) is 51.1 Å². The Hall–Kier alpha value is -2.66. The summed E-state index contributed by atoms with van der Waals surface area (Å²) in [4.78, 5) is 2.05. The molecule has 3 rings (SSSR count). The number of nitrogens with two attached hydrogens (primary N) is 1. The summed E-state index contributed by atoms with van der Waals surface area (Å²) >= 11 is 3.17. The number of hydrogen-bond acceptors (Lipinski definition) is 5. The monoisotopic (exact) mass is 411 g/mol. The van der Waals surface area contributed by atoms with Gasteiger partial charge < -0.3 is 10.6 Å². The van der Waals surface area contributed by atoms with Crippen molar-refractivity contribution in [2.24, 2.45) is 17.1 Å². The summed E-state index contributed by atoms with van der Waals surface area (Å²) in [5, 5.41) is 29.5. The van der Waals surface area contributed by atoms with Gasteiger partial charge in [0.15, 0.2) is 5.41 Å². The molecular formula is C19H15BrFN5. The number of allylic oxidation sites excluding steroid dienone is 2. The lowest BCUT2D eigenvalue weighted by Gasteiger charge is -2.45. The molecule has 1 heterocycles. The first-order valence-corrected chi connectivity index (χ1v) is 8.75. The van der Waals surface area contributed by atoms with E-state index in [4.69, 9.17) is 5.73 Å². The van der Waals surface area contributed by atoms with Gasteiger partial charge in [-0.2, -0.15) is 15.8 Å². The van der Waals surface area contributed by atoms with Crippen molar-refractivity contribution in [3.63, 3.8) is 0 Å². The molecule has 5 nitrogen and oxygen atoms in total. The molecule has 2 atom stereocenters. The number of halogens is 2. The maximum Gasteiger partial charge on any atom is 0.191 e. The predicted octanol–water partition coefficient (Wildman–Crippen LogP) is 2.94. The van der Waals surface area contributed by atoms with Crippen LogP contribution in [0.5, 0.6) is 0 Å². The number of benzene rings is 1. The van der Waals surface area contributed by atoms with E-state index in [9.17, 15) is 20.2 Å². The quantitative estimate of drug-likeness (QED) is 0.765. The van der Waals surface area contributed by atoms with Gasteiger partial charge in [-0.15, -0.1) is 0 Å². The van der Waals surface area contributed by atoms with Gasteiger partial charge in [0.2, 0.25) is 0 Å². The van der Waals surface area contributed by atoms with Crippen LogP contribution in [0.15, 0.2) is 45.6 Å². The highest BCUT2D eigenvalue weighted by Gasteiger charge is 2.54. The largest absolute Gasteiger partial charge is 0.399 e. The lowest BCUT2D eigenvalue weighted by Crippen LogP contribution is -2.47. The van der Waals surface area contributed by atoms with Crippen LogP contribution < -0.4 is 5.73 Å². The second-order valence-corrected chi connectivity index (χ2v) is 7.42. The smallest absolute Gasteiger partial charge is 0.191 e. The first-order valence-electron chi connectivity index (χ1n) is 7.96. The van der Waals surface area contributed by atoms with Crippen LogP contribution in [0.2, 0.25) is 0 Å². The molecule has 130 valence electrons. The summed E-state index contributed by atoms with van der Waals surface area (Å²) in [7, 11) is 1.93. The van der Waals surface area contributed by atoms with E-state index in [2.05, 4.69) is 39.0 Å². The molecule has 1 aliphatic heterocycles. The first-order chi connectivity index (χ1) is 12.4. The lowest BCUT2D eigenvalue weighted by atomic mass is 9.58. The number of hydrogen-bond donors (Lipinski definition) is 1. The van der Waals surface area contributed by atoms with Crippen LogP contribution in [-0.4, -0.2) is 25.0 Å². The molecule has 0 radical (unpaired) electrons. The molecule has 2 aliphatic rings. The topological polar surface area (TPSA) is 101 Å². The van der Waals surface area contributed by atoms with E-state index in [0.717, 1.165) is 5.57 Å². The Morgan fingerprint density at radius 2 is 2.00 bits per heavy atom.